The Kier molecular flexibility index (Phi) is 3.30. The van der Waals surface area contributed by atoms with Gasteiger partial charge in [0, 0.05) is 19.8 Å². The van der Waals surface area contributed by atoms with Crippen LogP contribution in [0.25, 0.3) is 0 Å². The van der Waals surface area contributed by atoms with E-state index < -0.39 is 16.1 Å². The minimum atomic E-state index is -3.81. The van der Waals surface area contributed by atoms with E-state index in [-0.39, 0.29) is 4.90 Å². The molecule has 0 spiro atoms. The highest BCUT2D eigenvalue weighted by Gasteiger charge is 2.18. The van der Waals surface area contributed by atoms with Gasteiger partial charge in [-0.1, -0.05) is 0 Å². The molecule has 7 nitrogen and oxygen atoms in total. The lowest BCUT2D eigenvalue weighted by Crippen LogP contribution is -2.37. The molecule has 8 heteroatoms. The van der Waals surface area contributed by atoms with Crippen molar-refractivity contribution < 1.29 is 13.2 Å². The number of hydrogen-bond acceptors (Lipinski definition) is 4. The van der Waals surface area contributed by atoms with Crippen molar-refractivity contribution in [3.63, 3.8) is 0 Å². The van der Waals surface area contributed by atoms with Crippen LogP contribution in [0.4, 0.5) is 4.79 Å². The van der Waals surface area contributed by atoms with Crippen molar-refractivity contribution in [2.45, 2.75) is 18.4 Å². The fourth-order valence-electron chi connectivity index (χ4n) is 0.888. The van der Waals surface area contributed by atoms with Crippen molar-refractivity contribution in [2.75, 3.05) is 7.05 Å². The molecule has 0 saturated heterocycles. The maximum absolute atomic E-state index is 11.5. The second-order valence-corrected chi connectivity index (χ2v) is 4.40. The first-order valence-electron chi connectivity index (χ1n) is 4.26. The zero-order valence-corrected chi connectivity index (χ0v) is 9.21. The first-order valence-corrected chi connectivity index (χ1v) is 5.75. The molecule has 0 atom stereocenters. The lowest BCUT2D eigenvalue weighted by Gasteiger charge is -2.02. The highest BCUT2D eigenvalue weighted by Crippen LogP contribution is 2.06. The zero-order chi connectivity index (χ0) is 11.5. The third-order valence-electron chi connectivity index (χ3n) is 1.70. The molecule has 1 aromatic heterocycles. The number of urea groups is 1. The molecule has 0 saturated carbocycles. The first-order chi connectivity index (χ1) is 6.99. The van der Waals surface area contributed by atoms with Gasteiger partial charge in [0.2, 0.25) is 0 Å². The number of aromatic nitrogens is 2. The van der Waals surface area contributed by atoms with Gasteiger partial charge < -0.3 is 5.32 Å². The summed E-state index contributed by atoms with van der Waals surface area (Å²) in [5.41, 5.74) is 0. The Morgan fingerprint density at radius 3 is 2.73 bits per heavy atom. The second kappa shape index (κ2) is 4.30. The Hall–Kier alpha value is -1.57. The van der Waals surface area contributed by atoms with Gasteiger partial charge in [-0.25, -0.2) is 17.9 Å². The Morgan fingerprint density at radius 2 is 2.27 bits per heavy atom. The predicted molar refractivity (Wildman–Crippen MR) is 52.7 cm³/mol. The average molecular weight is 232 g/mol. The Labute approximate surface area is 87.5 Å². The minimum absolute atomic E-state index is 0.0343. The van der Waals surface area contributed by atoms with Crippen molar-refractivity contribution in [1.82, 2.24) is 19.8 Å². The average Bonchev–Trinajstić information content (AvgIpc) is 2.65. The fraction of sp³-hybridized carbons (Fsp3) is 0.429. The van der Waals surface area contributed by atoms with Crippen LogP contribution in [0.1, 0.15) is 6.92 Å². The largest absolute Gasteiger partial charge is 0.340 e. The van der Waals surface area contributed by atoms with Crippen LogP contribution in [0, 0.1) is 0 Å². The highest BCUT2D eigenvalue weighted by atomic mass is 32.2. The van der Waals surface area contributed by atoms with Gasteiger partial charge in [0.05, 0.1) is 6.20 Å². The van der Waals surface area contributed by atoms with Gasteiger partial charge >= 0.3 is 6.03 Å². The summed E-state index contributed by atoms with van der Waals surface area (Å²) in [6, 6.07) is -0.778. The number of nitrogens with one attached hydrogen (secondary N) is 2. The van der Waals surface area contributed by atoms with E-state index >= 15 is 0 Å². The van der Waals surface area contributed by atoms with Gasteiger partial charge in [0.25, 0.3) is 10.0 Å². The molecule has 0 radical (unpaired) electrons. The number of carbonyl (C=O) groups excluding carboxylic acids is 1. The molecule has 0 aliphatic rings. The molecule has 1 rings (SSSR count). The van der Waals surface area contributed by atoms with Gasteiger partial charge in [-0.3, -0.25) is 4.68 Å². The van der Waals surface area contributed by atoms with Gasteiger partial charge in [-0.15, -0.1) is 0 Å². The molecular weight excluding hydrogens is 220 g/mol. The summed E-state index contributed by atoms with van der Waals surface area (Å²) in [6.45, 7) is 2.39. The molecule has 0 aliphatic heterocycles. The van der Waals surface area contributed by atoms with Gasteiger partial charge in [-0.05, 0) is 6.92 Å². The molecule has 1 aromatic rings. The summed E-state index contributed by atoms with van der Waals surface area (Å²) >= 11 is 0. The molecular formula is C7H12N4O3S. The summed E-state index contributed by atoms with van der Waals surface area (Å²) in [4.78, 5) is 10.8. The molecule has 2 N–H and O–H groups in total. The van der Waals surface area contributed by atoms with Crippen LogP contribution < -0.4 is 10.0 Å². The molecule has 15 heavy (non-hydrogen) atoms. The topological polar surface area (TPSA) is 93.1 Å². The number of sulfonamides is 1. The number of hydrogen-bond donors (Lipinski definition) is 2. The Morgan fingerprint density at radius 1 is 1.60 bits per heavy atom. The maximum atomic E-state index is 11.5. The smallest absolute Gasteiger partial charge is 0.328 e. The summed E-state index contributed by atoms with van der Waals surface area (Å²) < 4.78 is 26.3. The van der Waals surface area contributed by atoms with E-state index in [2.05, 4.69) is 10.4 Å². The van der Waals surface area contributed by atoms with Crippen molar-refractivity contribution in [2.24, 2.45) is 0 Å². The molecule has 0 aromatic carbocycles. The van der Waals surface area contributed by atoms with Crippen molar-refractivity contribution >= 4 is 16.1 Å². The van der Waals surface area contributed by atoms with E-state index in [9.17, 15) is 13.2 Å². The van der Waals surface area contributed by atoms with Crippen LogP contribution in [0.15, 0.2) is 17.3 Å². The number of aryl methyl sites for hydroxylation is 1. The van der Waals surface area contributed by atoms with E-state index in [0.717, 1.165) is 0 Å². The van der Waals surface area contributed by atoms with Crippen LogP contribution in [0.3, 0.4) is 0 Å². The maximum Gasteiger partial charge on any atom is 0.328 e. The highest BCUT2D eigenvalue weighted by molar-refractivity contribution is 7.90. The normalized spacial score (nSPS) is 11.1. The van der Waals surface area contributed by atoms with Crippen LogP contribution in [0.5, 0.6) is 0 Å². The number of carbonyl (C=O) groups is 1. The van der Waals surface area contributed by atoms with Crippen LogP contribution in [-0.2, 0) is 16.6 Å². The van der Waals surface area contributed by atoms with Gasteiger partial charge in [0.1, 0.15) is 4.90 Å². The fourth-order valence-corrected chi connectivity index (χ4v) is 1.80. The molecule has 0 aliphatic carbocycles. The molecule has 2 amide bonds. The third kappa shape index (κ3) is 2.69. The van der Waals surface area contributed by atoms with Crippen LogP contribution in [-0.4, -0.2) is 31.3 Å². The van der Waals surface area contributed by atoms with Gasteiger partial charge in [-0.2, -0.15) is 5.10 Å². The van der Waals surface area contributed by atoms with Crippen LogP contribution >= 0.6 is 0 Å². The van der Waals surface area contributed by atoms with Crippen molar-refractivity contribution in [1.29, 1.82) is 0 Å². The summed E-state index contributed by atoms with van der Waals surface area (Å²) in [5.74, 6) is 0. The SMILES string of the molecule is CCn1cc(S(=O)(=O)NC(=O)NC)cn1. The van der Waals surface area contributed by atoms with Gasteiger partial charge in [0.15, 0.2) is 0 Å². The molecule has 84 valence electrons. The summed E-state index contributed by atoms with van der Waals surface area (Å²) in [6.07, 6.45) is 2.54. The molecule has 0 bridgehead atoms. The number of amides is 2. The van der Waals surface area contributed by atoms with E-state index in [1.54, 1.807) is 0 Å². The minimum Gasteiger partial charge on any atom is -0.340 e. The first kappa shape index (κ1) is 11.5. The molecule has 0 fully saturated rings. The Bertz CT molecular complexity index is 451. The third-order valence-corrected chi connectivity index (χ3v) is 2.98. The Balaban J connectivity index is 2.91. The lowest BCUT2D eigenvalue weighted by molar-refractivity contribution is 0.248. The molecule has 0 unspecified atom stereocenters. The predicted octanol–water partition coefficient (Wildman–Crippen LogP) is -0.479. The van der Waals surface area contributed by atoms with Crippen molar-refractivity contribution in [3.05, 3.63) is 12.4 Å². The lowest BCUT2D eigenvalue weighted by atomic mass is 10.7. The summed E-state index contributed by atoms with van der Waals surface area (Å²) in [7, 11) is -2.47. The monoisotopic (exact) mass is 232 g/mol. The van der Waals surface area contributed by atoms with Crippen molar-refractivity contribution in [3.8, 4) is 0 Å². The summed E-state index contributed by atoms with van der Waals surface area (Å²) in [5, 5.41) is 5.96. The van der Waals surface area contributed by atoms with E-state index in [0.29, 0.717) is 6.54 Å². The van der Waals surface area contributed by atoms with E-state index in [4.69, 9.17) is 0 Å². The number of nitrogens with zero attached hydrogens (tertiary/aromatic N) is 2. The van der Waals surface area contributed by atoms with E-state index in [1.165, 1.54) is 24.1 Å². The quantitative estimate of drug-likeness (QED) is 0.736. The van der Waals surface area contributed by atoms with E-state index in [1.807, 2.05) is 11.6 Å². The van der Waals surface area contributed by atoms with Crippen LogP contribution in [0.2, 0.25) is 0 Å². The standard InChI is InChI=1S/C7H12N4O3S/c1-3-11-5-6(4-9-11)15(13,14)10-7(12)8-2/h4-5H,3H2,1-2H3,(H2,8,10,12). The zero-order valence-electron chi connectivity index (χ0n) is 8.39. The molecule has 1 heterocycles. The second-order valence-electron chi connectivity index (χ2n) is 2.72. The number of rotatable bonds is 3.